The molecule has 0 radical (unpaired) electrons. The van der Waals surface area contributed by atoms with Gasteiger partial charge in [-0.3, -0.25) is 4.98 Å². The third-order valence-corrected chi connectivity index (χ3v) is 3.97. The minimum Gasteiger partial charge on any atom is -0.486 e. The molecule has 0 aromatic carbocycles. The Morgan fingerprint density at radius 1 is 1.25 bits per heavy atom. The standard InChI is InChI=1S/C15H21N3OS/c1-10(2)15-18-13(9-20-15)8-19-14-5-4-12(17-7-14)6-11(3)16/h4-5,7,9-11H,6,8,16H2,1-3H3. The van der Waals surface area contributed by atoms with Crippen molar-refractivity contribution in [3.8, 4) is 5.75 Å². The Bertz CT molecular complexity index is 534. The Morgan fingerprint density at radius 2 is 2.05 bits per heavy atom. The zero-order chi connectivity index (χ0) is 14.5. The molecule has 0 aliphatic heterocycles. The second kappa shape index (κ2) is 6.81. The van der Waals surface area contributed by atoms with E-state index in [0.717, 1.165) is 28.6 Å². The van der Waals surface area contributed by atoms with Crippen LogP contribution in [0.5, 0.6) is 5.75 Å². The van der Waals surface area contributed by atoms with Gasteiger partial charge >= 0.3 is 0 Å². The molecule has 0 saturated carbocycles. The lowest BCUT2D eigenvalue weighted by Gasteiger charge is -2.07. The summed E-state index contributed by atoms with van der Waals surface area (Å²) < 4.78 is 5.70. The summed E-state index contributed by atoms with van der Waals surface area (Å²) in [5, 5.41) is 3.20. The Labute approximate surface area is 124 Å². The average Bonchev–Trinajstić information content (AvgIpc) is 2.86. The summed E-state index contributed by atoms with van der Waals surface area (Å²) in [6, 6.07) is 4.01. The van der Waals surface area contributed by atoms with Gasteiger partial charge in [0.25, 0.3) is 0 Å². The molecule has 2 N–H and O–H groups in total. The molecule has 5 heteroatoms. The maximum absolute atomic E-state index is 5.75. The van der Waals surface area contributed by atoms with Crippen molar-refractivity contribution < 1.29 is 4.74 Å². The van der Waals surface area contributed by atoms with E-state index < -0.39 is 0 Å². The third-order valence-electron chi connectivity index (χ3n) is 2.78. The molecule has 20 heavy (non-hydrogen) atoms. The van der Waals surface area contributed by atoms with Crippen LogP contribution in [0.3, 0.4) is 0 Å². The van der Waals surface area contributed by atoms with Crippen molar-refractivity contribution in [1.82, 2.24) is 9.97 Å². The van der Waals surface area contributed by atoms with Gasteiger partial charge in [0.1, 0.15) is 12.4 Å². The molecule has 0 aliphatic carbocycles. The lowest BCUT2D eigenvalue weighted by molar-refractivity contribution is 0.300. The molecule has 2 aromatic heterocycles. The van der Waals surface area contributed by atoms with Gasteiger partial charge in [0, 0.05) is 29.5 Å². The number of nitrogens with zero attached hydrogens (tertiary/aromatic N) is 2. The van der Waals surface area contributed by atoms with E-state index in [0.29, 0.717) is 12.5 Å². The molecular formula is C15H21N3OS. The maximum Gasteiger partial charge on any atom is 0.138 e. The average molecular weight is 291 g/mol. The van der Waals surface area contributed by atoms with Gasteiger partial charge < -0.3 is 10.5 Å². The number of ether oxygens (including phenoxy) is 1. The van der Waals surface area contributed by atoms with Gasteiger partial charge in [-0.2, -0.15) is 0 Å². The predicted octanol–water partition coefficient (Wildman–Crippen LogP) is 3.13. The summed E-state index contributed by atoms with van der Waals surface area (Å²) in [6.07, 6.45) is 2.53. The van der Waals surface area contributed by atoms with Crippen LogP contribution in [0.1, 0.15) is 43.1 Å². The topological polar surface area (TPSA) is 61.0 Å². The van der Waals surface area contributed by atoms with E-state index in [9.17, 15) is 0 Å². The van der Waals surface area contributed by atoms with E-state index in [2.05, 4.69) is 23.8 Å². The van der Waals surface area contributed by atoms with Crippen LogP contribution in [0, 0.1) is 0 Å². The van der Waals surface area contributed by atoms with Gasteiger partial charge in [-0.15, -0.1) is 11.3 Å². The van der Waals surface area contributed by atoms with Crippen molar-refractivity contribution in [2.24, 2.45) is 5.73 Å². The van der Waals surface area contributed by atoms with Crippen molar-refractivity contribution in [2.45, 2.75) is 45.8 Å². The van der Waals surface area contributed by atoms with E-state index >= 15 is 0 Å². The molecule has 1 unspecified atom stereocenters. The van der Waals surface area contributed by atoms with Crippen molar-refractivity contribution in [3.63, 3.8) is 0 Å². The molecule has 0 aliphatic rings. The molecule has 4 nitrogen and oxygen atoms in total. The second-order valence-corrected chi connectivity index (χ2v) is 6.18. The molecular weight excluding hydrogens is 270 g/mol. The Kier molecular flexibility index (Phi) is 5.09. The molecule has 0 spiro atoms. The monoisotopic (exact) mass is 291 g/mol. The fourth-order valence-corrected chi connectivity index (χ4v) is 2.58. The number of hydrogen-bond donors (Lipinski definition) is 1. The van der Waals surface area contributed by atoms with Crippen LogP contribution in [-0.4, -0.2) is 16.0 Å². The fourth-order valence-electron chi connectivity index (χ4n) is 1.76. The molecule has 2 rings (SSSR count). The van der Waals surface area contributed by atoms with Crippen molar-refractivity contribution in [3.05, 3.63) is 40.1 Å². The van der Waals surface area contributed by atoms with Crippen LogP contribution in [-0.2, 0) is 13.0 Å². The first-order valence-electron chi connectivity index (χ1n) is 6.82. The summed E-state index contributed by atoms with van der Waals surface area (Å²) in [4.78, 5) is 8.88. The minimum absolute atomic E-state index is 0.124. The molecule has 108 valence electrons. The van der Waals surface area contributed by atoms with Gasteiger partial charge in [0.15, 0.2) is 0 Å². The van der Waals surface area contributed by atoms with Crippen molar-refractivity contribution >= 4 is 11.3 Å². The number of aromatic nitrogens is 2. The predicted molar refractivity (Wildman–Crippen MR) is 82.1 cm³/mol. The number of nitrogens with two attached hydrogens (primary N) is 1. The van der Waals surface area contributed by atoms with Crippen molar-refractivity contribution in [1.29, 1.82) is 0 Å². The highest BCUT2D eigenvalue weighted by Crippen LogP contribution is 2.20. The molecule has 0 bridgehead atoms. The first-order valence-corrected chi connectivity index (χ1v) is 7.70. The van der Waals surface area contributed by atoms with Gasteiger partial charge in [-0.25, -0.2) is 4.98 Å². The number of thiazole rings is 1. The zero-order valence-electron chi connectivity index (χ0n) is 12.2. The number of pyridine rings is 1. The summed E-state index contributed by atoms with van der Waals surface area (Å²) in [7, 11) is 0. The fraction of sp³-hybridized carbons (Fsp3) is 0.467. The van der Waals surface area contributed by atoms with Crippen LogP contribution >= 0.6 is 11.3 Å². The molecule has 1 atom stereocenters. The smallest absolute Gasteiger partial charge is 0.138 e. The van der Waals surface area contributed by atoms with Gasteiger partial charge in [-0.05, 0) is 19.1 Å². The van der Waals surface area contributed by atoms with Crippen LogP contribution in [0.2, 0.25) is 0 Å². The summed E-state index contributed by atoms with van der Waals surface area (Å²) in [5.41, 5.74) is 7.71. The van der Waals surface area contributed by atoms with Crippen LogP contribution in [0.25, 0.3) is 0 Å². The number of hydrogen-bond acceptors (Lipinski definition) is 5. The highest BCUT2D eigenvalue weighted by molar-refractivity contribution is 7.09. The lowest BCUT2D eigenvalue weighted by Crippen LogP contribution is -2.18. The molecule has 0 saturated heterocycles. The van der Waals surface area contributed by atoms with Gasteiger partial charge in [0.05, 0.1) is 16.9 Å². The molecule has 0 fully saturated rings. The molecule has 2 heterocycles. The van der Waals surface area contributed by atoms with E-state index in [1.54, 1.807) is 17.5 Å². The first-order chi connectivity index (χ1) is 9.54. The SMILES string of the molecule is CC(N)Cc1ccc(OCc2csc(C(C)C)n2)cn1. The Hall–Kier alpha value is -1.46. The highest BCUT2D eigenvalue weighted by atomic mass is 32.1. The van der Waals surface area contributed by atoms with Gasteiger partial charge in [0.2, 0.25) is 0 Å². The van der Waals surface area contributed by atoms with Gasteiger partial charge in [-0.1, -0.05) is 13.8 Å². The summed E-state index contributed by atoms with van der Waals surface area (Å²) >= 11 is 1.68. The lowest BCUT2D eigenvalue weighted by atomic mass is 10.2. The third kappa shape index (κ3) is 4.28. The summed E-state index contributed by atoms with van der Waals surface area (Å²) in [6.45, 7) is 6.74. The molecule has 0 amide bonds. The minimum atomic E-state index is 0.124. The van der Waals surface area contributed by atoms with E-state index in [1.165, 1.54) is 0 Å². The van der Waals surface area contributed by atoms with Crippen molar-refractivity contribution in [2.75, 3.05) is 0 Å². The Morgan fingerprint density at radius 3 is 2.60 bits per heavy atom. The second-order valence-electron chi connectivity index (χ2n) is 5.29. The Balaban J connectivity index is 1.90. The molecule has 2 aromatic rings. The quantitative estimate of drug-likeness (QED) is 0.888. The summed E-state index contributed by atoms with van der Waals surface area (Å²) in [5.74, 6) is 1.23. The van der Waals surface area contributed by atoms with E-state index in [1.807, 2.05) is 24.4 Å². The van der Waals surface area contributed by atoms with E-state index in [4.69, 9.17) is 10.5 Å². The van der Waals surface area contributed by atoms with E-state index in [-0.39, 0.29) is 6.04 Å². The van der Waals surface area contributed by atoms with Crippen LogP contribution in [0.4, 0.5) is 0 Å². The van der Waals surface area contributed by atoms with Crippen LogP contribution < -0.4 is 10.5 Å². The normalized spacial score (nSPS) is 12.7. The number of rotatable bonds is 6. The highest BCUT2D eigenvalue weighted by Gasteiger charge is 2.06. The first kappa shape index (κ1) is 14.9. The maximum atomic E-state index is 5.75. The zero-order valence-corrected chi connectivity index (χ0v) is 13.0. The largest absolute Gasteiger partial charge is 0.486 e. The van der Waals surface area contributed by atoms with Crippen LogP contribution in [0.15, 0.2) is 23.7 Å².